The molecular formula is C72H95ClN6O18S2. The molecule has 4 saturated carbocycles. The SMILES string of the molecule is CC(C)(C)OC(=O)C[C@H]1CCCCC/C=C\[C@@H]2C[C@@]2(C(=O)NS(=O)(=O)C2CC2)CC(=O)[C@@H]2C[C@@H](O)CN2C1=O.Cc1ccc2nc(Cl)oc2c1.Cc1ccc2nc(O[C@@H]3C[C@H]4C(=O)C[C@]5(C(=O)NS(=O)(=O)C6CC6)C[C@H]5/C=C\CCCCC[C@H](CC(=O)OC(C)(C)C)C(=O)N4C3)oc2c1. The van der Waals surface area contributed by atoms with Crippen molar-refractivity contribution in [2.75, 3.05) is 13.1 Å². The van der Waals surface area contributed by atoms with Crippen molar-refractivity contribution in [2.45, 2.75) is 243 Å². The van der Waals surface area contributed by atoms with Gasteiger partial charge >= 0.3 is 18.0 Å². The molecule has 27 heteroatoms. The number of nitrogens with one attached hydrogen (secondary N) is 2. The summed E-state index contributed by atoms with van der Waals surface area (Å²) in [5.74, 6) is -5.72. The van der Waals surface area contributed by atoms with Crippen LogP contribution in [0.15, 0.2) is 69.5 Å². The molecule has 99 heavy (non-hydrogen) atoms. The van der Waals surface area contributed by atoms with Crippen molar-refractivity contribution in [3.8, 4) is 6.08 Å². The third kappa shape index (κ3) is 19.3. The zero-order valence-corrected chi connectivity index (χ0v) is 60.3. The highest BCUT2D eigenvalue weighted by Gasteiger charge is 2.63. The van der Waals surface area contributed by atoms with E-state index in [4.69, 9.17) is 34.6 Å². The van der Waals surface area contributed by atoms with Gasteiger partial charge in [0.05, 0.1) is 58.9 Å². The van der Waals surface area contributed by atoms with E-state index in [0.717, 1.165) is 67.2 Å². The Morgan fingerprint density at radius 3 is 1.53 bits per heavy atom. The van der Waals surface area contributed by atoms with Crippen molar-refractivity contribution < 1.29 is 83.3 Å². The normalized spacial score (nSPS) is 28.6. The van der Waals surface area contributed by atoms with Gasteiger partial charge in [0, 0.05) is 44.1 Å². The highest BCUT2D eigenvalue weighted by molar-refractivity contribution is 7.91. The highest BCUT2D eigenvalue weighted by Crippen LogP contribution is 2.59. The smallest absolute Gasteiger partial charge is 0.394 e. The van der Waals surface area contributed by atoms with Crippen LogP contribution in [0.1, 0.15) is 194 Å². The van der Waals surface area contributed by atoms with Crippen LogP contribution in [-0.2, 0) is 67.9 Å². The number of aliphatic hydroxyl groups excluding tert-OH is 1. The first kappa shape index (κ1) is 74.7. The molecular weight excluding hydrogens is 1340 g/mol. The van der Waals surface area contributed by atoms with Crippen LogP contribution in [0.4, 0.5) is 0 Å². The van der Waals surface area contributed by atoms with Crippen LogP contribution in [0, 0.1) is 48.3 Å². The number of ketones is 2. The summed E-state index contributed by atoms with van der Waals surface area (Å²) >= 11 is 5.56. The second-order valence-corrected chi connectivity index (χ2v) is 34.7. The summed E-state index contributed by atoms with van der Waals surface area (Å²) < 4.78 is 83.2. The van der Waals surface area contributed by atoms with Crippen LogP contribution in [0.5, 0.6) is 6.08 Å². The van der Waals surface area contributed by atoms with Gasteiger partial charge < -0.3 is 38.0 Å². The number of carbonyl (C=O) groups excluding carboxylic acids is 8. The van der Waals surface area contributed by atoms with Crippen molar-refractivity contribution >= 4 is 101 Å². The zero-order valence-electron chi connectivity index (χ0n) is 57.9. The van der Waals surface area contributed by atoms with E-state index in [9.17, 15) is 60.3 Å². The maximum Gasteiger partial charge on any atom is 0.394 e. The number of rotatable bonds is 12. The van der Waals surface area contributed by atoms with Gasteiger partial charge in [-0.15, -0.1) is 0 Å². The lowest BCUT2D eigenvalue weighted by molar-refractivity contribution is -0.159. The molecule has 10 atom stereocenters. The number of nitrogens with zero attached hydrogens (tertiary/aromatic N) is 4. The largest absolute Gasteiger partial charge is 0.460 e. The van der Waals surface area contributed by atoms with Gasteiger partial charge in [-0.2, -0.15) is 9.97 Å². The van der Waals surface area contributed by atoms with E-state index in [2.05, 4.69) is 19.4 Å². The van der Waals surface area contributed by atoms with Gasteiger partial charge in [0.1, 0.15) is 28.3 Å². The Morgan fingerprint density at radius 2 is 1.06 bits per heavy atom. The molecule has 4 amide bonds. The molecule has 24 nitrogen and oxygen atoms in total. The third-order valence-electron chi connectivity index (χ3n) is 19.7. The number of aromatic nitrogens is 2. The fourth-order valence-electron chi connectivity index (χ4n) is 13.9. The number of hydrogen-bond donors (Lipinski definition) is 3. The molecule has 3 N–H and O–H groups in total. The number of allylic oxidation sites excluding steroid dienone is 4. The maximum absolute atomic E-state index is 14.4. The van der Waals surface area contributed by atoms with Gasteiger partial charge in [-0.1, -0.05) is 62.1 Å². The predicted octanol–water partition coefficient (Wildman–Crippen LogP) is 10.1. The summed E-state index contributed by atoms with van der Waals surface area (Å²) in [6.07, 6.45) is 15.7. The number of ether oxygens (including phenoxy) is 3. The number of hydrogen-bond acceptors (Lipinski definition) is 20. The van der Waals surface area contributed by atoms with E-state index in [1.807, 2.05) is 74.5 Å². The van der Waals surface area contributed by atoms with E-state index in [-0.39, 0.29) is 98.3 Å². The van der Waals surface area contributed by atoms with Crippen LogP contribution in [-0.4, -0.2) is 148 Å². The lowest BCUT2D eigenvalue weighted by Gasteiger charge is -2.29. The Morgan fingerprint density at radius 1 is 0.616 bits per heavy atom. The summed E-state index contributed by atoms with van der Waals surface area (Å²) in [4.78, 5) is 120. The number of Topliss-reactive ketones (excluding diaryl/α,β-unsaturated/α-hetero) is 2. The zero-order chi connectivity index (χ0) is 71.6. The van der Waals surface area contributed by atoms with Crippen LogP contribution >= 0.6 is 11.6 Å². The fraction of sp³-hybridized carbons (Fsp3) is 0.639. The van der Waals surface area contributed by atoms with Crippen LogP contribution < -0.4 is 14.2 Å². The van der Waals surface area contributed by atoms with Crippen molar-refractivity contribution in [3.63, 3.8) is 0 Å². The molecule has 0 radical (unpaired) electrons. The number of benzene rings is 2. The standard InChI is InChI=1S/C36H47N3O9S.C28H42N2O8S.C8H6ClNO/c1-22-12-15-27-30(16-22)47-34(37-27)46-25-18-28-29(40)20-36(33(43)38-49(44,45)26-13-14-26)19-24(36)11-9-7-5-6-8-10-23(32(42)39(28)21-25)17-31(41)48-35(2,3)4;1-27(2,3)38-24(33)13-18-9-7-5-4-6-8-10-19-15-28(19,26(35)29-39(36,37)21-11-12-21)16-23(32)22-14-20(31)17-30(22)25(18)34;1-5-2-3-6-7(4-5)11-8(9)10-6/h9,11-12,15-16,23-26,28H,5-8,10,13-14,17-21H2,1-4H3,(H,38,43);8,10,18-22,31H,4-7,9,11-17H2,1-3H3,(H,29,35);2-4H,1H3/b11-9-;10-8-;/t23-,24-,25-,28+,36-;18-,19-,20-,22+,28-;/m11./s1. The summed E-state index contributed by atoms with van der Waals surface area (Å²) in [7, 11) is -7.61. The summed E-state index contributed by atoms with van der Waals surface area (Å²) in [5.41, 5.74) is 1.02. The number of oxazole rings is 2. The van der Waals surface area contributed by atoms with Gasteiger partial charge in [-0.3, -0.25) is 47.8 Å². The molecule has 4 aliphatic carbocycles. The van der Waals surface area contributed by atoms with E-state index < -0.39 is 112 Å². The molecule has 0 spiro atoms. The van der Waals surface area contributed by atoms with Crippen LogP contribution in [0.25, 0.3) is 22.2 Å². The Balaban J connectivity index is 0.000000188. The van der Waals surface area contributed by atoms with Crippen LogP contribution in [0.3, 0.4) is 0 Å². The van der Waals surface area contributed by atoms with E-state index in [1.165, 1.54) is 9.80 Å². The number of carbonyl (C=O) groups is 8. The molecule has 6 fully saturated rings. The number of esters is 2. The number of fused-ring (bicyclic) bond motifs is 6. The molecule has 12 rings (SSSR count). The monoisotopic (exact) mass is 1430 g/mol. The average molecular weight is 1430 g/mol. The second kappa shape index (κ2) is 30.3. The second-order valence-electron chi connectivity index (χ2n) is 30.4. The minimum Gasteiger partial charge on any atom is -0.460 e. The number of aliphatic hydroxyl groups is 1. The molecule has 4 aliphatic heterocycles. The van der Waals surface area contributed by atoms with Gasteiger partial charge in [0.15, 0.2) is 22.7 Å². The summed E-state index contributed by atoms with van der Waals surface area (Å²) in [6, 6.07) is 9.46. The number of amides is 4. The van der Waals surface area contributed by atoms with E-state index >= 15 is 0 Å². The van der Waals surface area contributed by atoms with Crippen molar-refractivity contribution in [3.05, 3.63) is 77.2 Å². The Labute approximate surface area is 584 Å². The average Bonchev–Trinajstić information content (AvgIpc) is 1.58. The van der Waals surface area contributed by atoms with Gasteiger partial charge in [-0.25, -0.2) is 16.8 Å². The lowest BCUT2D eigenvalue weighted by Crippen LogP contribution is -2.46. The molecule has 0 bridgehead atoms. The summed E-state index contributed by atoms with van der Waals surface area (Å²) in [6.45, 7) is 14.5. The highest BCUT2D eigenvalue weighted by atomic mass is 35.5. The Kier molecular flexibility index (Phi) is 22.8. The minimum absolute atomic E-state index is 0.0204. The molecule has 0 unspecified atom stereocenters. The third-order valence-corrected chi connectivity index (χ3v) is 23.5. The van der Waals surface area contributed by atoms with Crippen molar-refractivity contribution in [2.24, 2.45) is 34.5 Å². The first-order valence-corrected chi connectivity index (χ1v) is 38.4. The molecule has 8 aliphatic rings. The van der Waals surface area contributed by atoms with Crippen LogP contribution in [0.2, 0.25) is 5.35 Å². The first-order chi connectivity index (χ1) is 46.6. The van der Waals surface area contributed by atoms with Gasteiger partial charge in [0.25, 0.3) is 5.35 Å². The molecule has 6 heterocycles. The molecule has 540 valence electrons. The first-order valence-electron chi connectivity index (χ1n) is 34.9. The number of halogens is 1. The van der Waals surface area contributed by atoms with Crippen molar-refractivity contribution in [1.82, 2.24) is 29.2 Å². The molecule has 2 aromatic carbocycles. The van der Waals surface area contributed by atoms with E-state index in [0.29, 0.717) is 68.9 Å². The summed E-state index contributed by atoms with van der Waals surface area (Å²) in [5, 5.41) is 9.49. The minimum atomic E-state index is -3.83. The van der Waals surface area contributed by atoms with Gasteiger partial charge in [0.2, 0.25) is 43.7 Å². The van der Waals surface area contributed by atoms with Gasteiger partial charge in [-0.05, 0) is 191 Å². The van der Waals surface area contributed by atoms with E-state index in [1.54, 1.807) is 41.5 Å². The topological polar surface area (TPSA) is 335 Å². The maximum atomic E-state index is 14.4. The Hall–Kier alpha value is -7.03. The fourth-order valence-corrected chi connectivity index (χ4v) is 16.9. The molecule has 2 aromatic heterocycles. The number of sulfonamides is 2. The molecule has 2 saturated heterocycles. The lowest BCUT2D eigenvalue weighted by atomic mass is 9.90. The number of aryl methyl sites for hydroxylation is 2. The quantitative estimate of drug-likeness (QED) is 0.0876. The molecule has 4 aromatic rings. The van der Waals surface area contributed by atoms with Crippen molar-refractivity contribution in [1.29, 1.82) is 0 Å². The predicted molar refractivity (Wildman–Crippen MR) is 366 cm³/mol. The Bertz CT molecular complexity index is 4010.